The highest BCUT2D eigenvalue weighted by Crippen LogP contribution is 2.30. The van der Waals surface area contributed by atoms with Crippen LogP contribution in [0.4, 0.5) is 11.5 Å². The van der Waals surface area contributed by atoms with Crippen molar-refractivity contribution in [3.05, 3.63) is 26.3 Å². The third-order valence-corrected chi connectivity index (χ3v) is 3.58. The molecule has 0 radical (unpaired) electrons. The van der Waals surface area contributed by atoms with E-state index in [1.54, 1.807) is 6.92 Å². The number of aromatic nitrogens is 1. The smallest absolute Gasteiger partial charge is 0.303 e. The van der Waals surface area contributed by atoms with Crippen LogP contribution in [0, 0.1) is 17.0 Å². The van der Waals surface area contributed by atoms with Gasteiger partial charge in [0.25, 0.3) is 5.69 Å². The summed E-state index contributed by atoms with van der Waals surface area (Å²) in [7, 11) is 0. The Hall–Kier alpha value is -1.70. The van der Waals surface area contributed by atoms with E-state index >= 15 is 0 Å². The molecule has 19 heavy (non-hydrogen) atoms. The molecule has 0 spiro atoms. The lowest BCUT2D eigenvalue weighted by Crippen LogP contribution is -2.18. The number of nitrogens with one attached hydrogen (secondary N) is 1. The summed E-state index contributed by atoms with van der Waals surface area (Å²) in [5.41, 5.74) is 0.420. The summed E-state index contributed by atoms with van der Waals surface area (Å²) in [5.74, 6) is -0.387. The average Bonchev–Trinajstić information content (AvgIpc) is 2.32. The monoisotopic (exact) mass is 331 g/mol. The Morgan fingerprint density at radius 1 is 1.68 bits per heavy atom. The third kappa shape index (κ3) is 4.16. The van der Waals surface area contributed by atoms with Crippen molar-refractivity contribution < 1.29 is 14.8 Å². The Balaban J connectivity index is 2.82. The fourth-order valence-corrected chi connectivity index (χ4v) is 1.92. The second kappa shape index (κ2) is 6.46. The summed E-state index contributed by atoms with van der Waals surface area (Å²) < 4.78 is 0.517. The second-order valence-corrected chi connectivity index (χ2v) is 4.96. The van der Waals surface area contributed by atoms with Crippen LogP contribution in [0.15, 0.2) is 10.7 Å². The van der Waals surface area contributed by atoms with Gasteiger partial charge in [0, 0.05) is 18.0 Å². The molecule has 1 atom stereocenters. The van der Waals surface area contributed by atoms with Gasteiger partial charge in [-0.05, 0) is 36.2 Å². The predicted molar refractivity (Wildman–Crippen MR) is 73.3 cm³/mol. The molecule has 1 aromatic heterocycles. The maximum atomic E-state index is 10.7. The average molecular weight is 332 g/mol. The number of carboxylic acids is 1. The largest absolute Gasteiger partial charge is 0.481 e. The first-order valence-corrected chi connectivity index (χ1v) is 6.40. The summed E-state index contributed by atoms with van der Waals surface area (Å²) in [6, 6.07) is -0.0965. The van der Waals surface area contributed by atoms with Gasteiger partial charge in [-0.3, -0.25) is 14.9 Å². The summed E-state index contributed by atoms with van der Waals surface area (Å²) in [6.07, 6.45) is 1.68. The number of carbonyl (C=O) groups is 1. The van der Waals surface area contributed by atoms with Crippen LogP contribution in [-0.2, 0) is 4.79 Å². The van der Waals surface area contributed by atoms with Gasteiger partial charge in [0.2, 0.25) is 0 Å². The van der Waals surface area contributed by atoms with Crippen LogP contribution >= 0.6 is 15.9 Å². The van der Waals surface area contributed by atoms with Gasteiger partial charge < -0.3 is 10.4 Å². The number of aliphatic carboxylic acids is 1. The lowest BCUT2D eigenvalue weighted by atomic mass is 10.2. The van der Waals surface area contributed by atoms with Gasteiger partial charge in [-0.2, -0.15) is 0 Å². The lowest BCUT2D eigenvalue weighted by Gasteiger charge is -2.15. The number of pyridine rings is 1. The highest BCUT2D eigenvalue weighted by atomic mass is 79.9. The molecular formula is C11H14BrN3O4. The first kappa shape index (κ1) is 15.4. The topological polar surface area (TPSA) is 105 Å². The number of anilines is 1. The molecule has 0 saturated heterocycles. The van der Waals surface area contributed by atoms with Gasteiger partial charge in [-0.15, -0.1) is 0 Å². The van der Waals surface area contributed by atoms with Gasteiger partial charge in [0.1, 0.15) is 12.0 Å². The maximum absolute atomic E-state index is 10.7. The van der Waals surface area contributed by atoms with Gasteiger partial charge in [0.15, 0.2) is 0 Å². The van der Waals surface area contributed by atoms with Crippen LogP contribution < -0.4 is 5.32 Å². The molecule has 1 heterocycles. The molecule has 0 aromatic carbocycles. The fraction of sp³-hybridized carbons (Fsp3) is 0.455. The molecule has 7 nitrogen and oxygen atoms in total. The number of halogens is 1. The van der Waals surface area contributed by atoms with Crippen molar-refractivity contribution in [2.24, 2.45) is 0 Å². The van der Waals surface area contributed by atoms with E-state index in [1.165, 1.54) is 6.20 Å². The van der Waals surface area contributed by atoms with Crippen molar-refractivity contribution in [2.75, 3.05) is 5.32 Å². The zero-order valence-corrected chi connectivity index (χ0v) is 12.1. The lowest BCUT2D eigenvalue weighted by molar-refractivity contribution is -0.385. The van der Waals surface area contributed by atoms with Crippen molar-refractivity contribution in [2.45, 2.75) is 32.7 Å². The molecule has 1 rings (SSSR count). The Labute approximate surface area is 118 Å². The summed E-state index contributed by atoms with van der Waals surface area (Å²) >= 11 is 3.26. The standard InChI is InChI=1S/C11H14BrN3O4/c1-6(3-4-9(16)17)14-11-10(12)7(2)8(5-13-11)15(18)19/h5-6H,3-4H2,1-2H3,(H,13,14)(H,16,17). The number of nitro groups is 1. The summed E-state index contributed by atoms with van der Waals surface area (Å²) in [4.78, 5) is 24.7. The number of hydrogen-bond acceptors (Lipinski definition) is 5. The van der Waals surface area contributed by atoms with Gasteiger partial charge >= 0.3 is 5.97 Å². The first-order valence-electron chi connectivity index (χ1n) is 5.60. The van der Waals surface area contributed by atoms with Crippen LogP contribution in [0.1, 0.15) is 25.3 Å². The zero-order chi connectivity index (χ0) is 14.6. The molecule has 0 amide bonds. The maximum Gasteiger partial charge on any atom is 0.303 e. The minimum atomic E-state index is -0.861. The molecule has 8 heteroatoms. The predicted octanol–water partition coefficient (Wildman–Crippen LogP) is 2.73. The van der Waals surface area contributed by atoms with Crippen LogP contribution in [-0.4, -0.2) is 27.0 Å². The van der Waals surface area contributed by atoms with Crippen molar-refractivity contribution in [3.8, 4) is 0 Å². The molecule has 2 N–H and O–H groups in total. The van der Waals surface area contributed by atoms with Crippen LogP contribution in [0.25, 0.3) is 0 Å². The van der Waals surface area contributed by atoms with Gasteiger partial charge in [0.05, 0.1) is 9.40 Å². The van der Waals surface area contributed by atoms with Gasteiger partial charge in [-0.25, -0.2) is 4.98 Å². The third-order valence-electron chi connectivity index (χ3n) is 2.61. The zero-order valence-electron chi connectivity index (χ0n) is 10.5. The number of carboxylic acid groups (broad SMARTS) is 1. The summed E-state index contributed by atoms with van der Waals surface area (Å²) in [6.45, 7) is 3.45. The Bertz CT molecular complexity index is 507. The minimum Gasteiger partial charge on any atom is -0.481 e. The Morgan fingerprint density at radius 3 is 2.84 bits per heavy atom. The molecule has 0 aliphatic heterocycles. The van der Waals surface area contributed by atoms with Gasteiger partial charge in [-0.1, -0.05) is 0 Å². The second-order valence-electron chi connectivity index (χ2n) is 4.17. The molecule has 0 fully saturated rings. The van der Waals surface area contributed by atoms with Crippen LogP contribution in [0.3, 0.4) is 0 Å². The van der Waals surface area contributed by atoms with E-state index in [1.807, 2.05) is 6.92 Å². The van der Waals surface area contributed by atoms with Crippen LogP contribution in [0.5, 0.6) is 0 Å². The molecule has 0 aliphatic carbocycles. The van der Waals surface area contributed by atoms with E-state index in [0.29, 0.717) is 22.3 Å². The molecular weight excluding hydrogens is 318 g/mol. The fourth-order valence-electron chi connectivity index (χ4n) is 1.50. The highest BCUT2D eigenvalue weighted by Gasteiger charge is 2.18. The van der Waals surface area contributed by atoms with E-state index < -0.39 is 10.9 Å². The molecule has 104 valence electrons. The first-order chi connectivity index (χ1) is 8.82. The molecule has 1 aromatic rings. The molecule has 1 unspecified atom stereocenters. The van der Waals surface area contributed by atoms with Crippen molar-refractivity contribution in [1.29, 1.82) is 0 Å². The van der Waals surface area contributed by atoms with E-state index in [0.717, 1.165) is 0 Å². The van der Waals surface area contributed by atoms with E-state index in [2.05, 4.69) is 26.2 Å². The number of rotatable bonds is 6. The number of nitrogens with zero attached hydrogens (tertiary/aromatic N) is 2. The van der Waals surface area contributed by atoms with Crippen molar-refractivity contribution >= 4 is 33.4 Å². The van der Waals surface area contributed by atoms with Crippen molar-refractivity contribution in [1.82, 2.24) is 4.98 Å². The quantitative estimate of drug-likeness (QED) is 0.613. The summed E-state index contributed by atoms with van der Waals surface area (Å²) in [5, 5.41) is 22.4. The van der Waals surface area contributed by atoms with Crippen molar-refractivity contribution in [3.63, 3.8) is 0 Å². The SMILES string of the molecule is Cc1c([N+](=O)[O-])cnc(NC(C)CCC(=O)O)c1Br. The van der Waals surface area contributed by atoms with E-state index in [9.17, 15) is 14.9 Å². The number of hydrogen-bond donors (Lipinski definition) is 2. The van der Waals surface area contributed by atoms with Crippen LogP contribution in [0.2, 0.25) is 0 Å². The molecule has 0 saturated carbocycles. The minimum absolute atomic E-state index is 0.0533. The normalized spacial score (nSPS) is 11.9. The Morgan fingerprint density at radius 2 is 2.32 bits per heavy atom. The molecule has 0 aliphatic rings. The Kier molecular flexibility index (Phi) is 5.22. The van der Waals surface area contributed by atoms with E-state index in [4.69, 9.17) is 5.11 Å². The molecule has 0 bridgehead atoms. The van der Waals surface area contributed by atoms with E-state index in [-0.39, 0.29) is 18.2 Å². The highest BCUT2D eigenvalue weighted by molar-refractivity contribution is 9.10.